The van der Waals surface area contributed by atoms with Crippen LogP contribution in [0.3, 0.4) is 0 Å². The zero-order valence-corrected chi connectivity index (χ0v) is 12.9. The molecule has 116 valence electrons. The summed E-state index contributed by atoms with van der Waals surface area (Å²) in [4.78, 5) is 20.8. The topological polar surface area (TPSA) is 127 Å². The van der Waals surface area contributed by atoms with Crippen LogP contribution in [0, 0.1) is 10.1 Å². The summed E-state index contributed by atoms with van der Waals surface area (Å²) in [5.41, 5.74) is -1.50. The molecule has 0 radical (unpaired) electrons. The van der Waals surface area contributed by atoms with E-state index in [1.165, 1.54) is 0 Å². The fourth-order valence-corrected chi connectivity index (χ4v) is 5.26. The van der Waals surface area contributed by atoms with E-state index in [4.69, 9.17) is 16.7 Å². The van der Waals surface area contributed by atoms with Crippen LogP contribution >= 0.6 is 22.9 Å². The average molecular weight is 355 g/mol. The summed E-state index contributed by atoms with van der Waals surface area (Å²) in [6.07, 6.45) is 1.23. The Labute approximate surface area is 128 Å². The maximum Gasteiger partial charge on any atom is 0.305 e. The number of thiophene rings is 1. The summed E-state index contributed by atoms with van der Waals surface area (Å²) in [6.45, 7) is 0. The van der Waals surface area contributed by atoms with Gasteiger partial charge in [-0.15, -0.1) is 11.3 Å². The van der Waals surface area contributed by atoms with E-state index in [-0.39, 0.29) is 15.0 Å². The maximum absolute atomic E-state index is 12.2. The molecule has 1 aromatic heterocycles. The first kappa shape index (κ1) is 16.1. The molecule has 0 atom stereocenters. The summed E-state index contributed by atoms with van der Waals surface area (Å²) in [6, 6.07) is 0.877. The quantitative estimate of drug-likeness (QED) is 0.594. The van der Waals surface area contributed by atoms with Gasteiger partial charge in [0.05, 0.1) is 11.3 Å². The van der Waals surface area contributed by atoms with Crippen LogP contribution in [0.5, 0.6) is 0 Å². The van der Waals surface area contributed by atoms with Crippen molar-refractivity contribution >= 4 is 44.6 Å². The van der Waals surface area contributed by atoms with E-state index in [0.29, 0.717) is 24.2 Å². The number of halogens is 1. The molecule has 8 nitrogen and oxygen atoms in total. The molecule has 1 aliphatic rings. The molecular formula is C10H11ClN2O6S2. The smallest absolute Gasteiger partial charge is 0.305 e. The highest BCUT2D eigenvalue weighted by molar-refractivity contribution is 7.91. The summed E-state index contributed by atoms with van der Waals surface area (Å²) >= 11 is 6.21. The second-order valence-corrected chi connectivity index (χ2v) is 8.35. The van der Waals surface area contributed by atoms with Crippen molar-refractivity contribution in [2.75, 3.05) is 0 Å². The number of carbonyl (C=O) groups is 1. The number of sulfonamides is 1. The molecule has 0 bridgehead atoms. The van der Waals surface area contributed by atoms with E-state index in [1.807, 2.05) is 0 Å². The molecule has 11 heteroatoms. The molecular weight excluding hydrogens is 344 g/mol. The lowest BCUT2D eigenvalue weighted by Crippen LogP contribution is -2.54. The standard InChI is InChI=1S/C10H11ClN2O6S2/c11-9-6(13(16)17)4-8(20-9)21(18,19)12-10(2-1-3-10)5-7(14)15/h4,12H,1-3,5H2,(H,14,15). The van der Waals surface area contributed by atoms with Gasteiger partial charge >= 0.3 is 5.97 Å². The Hall–Kier alpha value is -1.23. The van der Waals surface area contributed by atoms with E-state index < -0.39 is 32.1 Å². The lowest BCUT2D eigenvalue weighted by molar-refractivity contribution is -0.384. The Balaban J connectivity index is 2.28. The second-order valence-electron chi connectivity index (χ2n) is 4.79. The minimum atomic E-state index is -4.04. The number of hydrogen-bond donors (Lipinski definition) is 2. The molecule has 1 aliphatic carbocycles. The SMILES string of the molecule is O=C(O)CC1(NS(=O)(=O)c2cc([N+](=O)[O-])c(Cl)s2)CCC1. The zero-order chi connectivity index (χ0) is 15.8. The lowest BCUT2D eigenvalue weighted by atomic mass is 9.75. The van der Waals surface area contributed by atoms with E-state index in [9.17, 15) is 23.3 Å². The molecule has 1 heterocycles. The largest absolute Gasteiger partial charge is 0.481 e. The first-order valence-corrected chi connectivity index (χ1v) is 8.52. The van der Waals surface area contributed by atoms with Crippen molar-refractivity contribution in [2.24, 2.45) is 0 Å². The number of aliphatic carboxylic acids is 1. The molecule has 1 saturated carbocycles. The van der Waals surface area contributed by atoms with Gasteiger partial charge in [-0.1, -0.05) is 11.6 Å². The molecule has 2 rings (SSSR count). The van der Waals surface area contributed by atoms with Crippen molar-refractivity contribution in [3.8, 4) is 0 Å². The lowest BCUT2D eigenvalue weighted by Gasteiger charge is -2.40. The third-order valence-corrected chi connectivity index (χ3v) is 6.65. The molecule has 0 saturated heterocycles. The highest BCUT2D eigenvalue weighted by atomic mass is 35.5. The van der Waals surface area contributed by atoms with Gasteiger partial charge in [-0.05, 0) is 19.3 Å². The summed E-state index contributed by atoms with van der Waals surface area (Å²) < 4.78 is 26.3. The van der Waals surface area contributed by atoms with Gasteiger partial charge in [-0.2, -0.15) is 0 Å². The first-order chi connectivity index (χ1) is 9.65. The van der Waals surface area contributed by atoms with Crippen molar-refractivity contribution in [2.45, 2.75) is 35.4 Å². The molecule has 0 amide bonds. The predicted molar refractivity (Wildman–Crippen MR) is 75.1 cm³/mol. The van der Waals surface area contributed by atoms with Crippen molar-refractivity contribution in [1.29, 1.82) is 0 Å². The Morgan fingerprint density at radius 3 is 2.57 bits per heavy atom. The van der Waals surface area contributed by atoms with Crippen LogP contribution in [-0.4, -0.2) is 30.0 Å². The Morgan fingerprint density at radius 2 is 2.19 bits per heavy atom. The van der Waals surface area contributed by atoms with Crippen molar-refractivity contribution < 1.29 is 23.2 Å². The van der Waals surface area contributed by atoms with Crippen LogP contribution in [0.1, 0.15) is 25.7 Å². The number of carboxylic acid groups (broad SMARTS) is 1. The fraction of sp³-hybridized carbons (Fsp3) is 0.500. The number of carboxylic acids is 1. The highest BCUT2D eigenvalue weighted by Crippen LogP contribution is 2.40. The van der Waals surface area contributed by atoms with Gasteiger partial charge in [0.1, 0.15) is 4.21 Å². The van der Waals surface area contributed by atoms with Crippen molar-refractivity contribution in [1.82, 2.24) is 4.72 Å². The normalized spacial score (nSPS) is 17.2. The van der Waals surface area contributed by atoms with E-state index in [2.05, 4.69) is 4.72 Å². The predicted octanol–water partition coefficient (Wildman–Crippen LogP) is 1.99. The van der Waals surface area contributed by atoms with Gasteiger partial charge in [-0.3, -0.25) is 14.9 Å². The Bertz CT molecular complexity index is 694. The summed E-state index contributed by atoms with van der Waals surface area (Å²) in [7, 11) is -4.04. The second kappa shape index (κ2) is 5.52. The zero-order valence-electron chi connectivity index (χ0n) is 10.5. The van der Waals surface area contributed by atoms with Crippen molar-refractivity contribution in [3.63, 3.8) is 0 Å². The number of hydrogen-bond acceptors (Lipinski definition) is 6. The summed E-state index contributed by atoms with van der Waals surface area (Å²) in [5, 5.41) is 19.6. The van der Waals surface area contributed by atoms with Crippen LogP contribution in [0.2, 0.25) is 4.34 Å². The van der Waals surface area contributed by atoms with Gasteiger partial charge in [0.2, 0.25) is 0 Å². The molecule has 0 aromatic carbocycles. The molecule has 0 unspecified atom stereocenters. The molecule has 0 spiro atoms. The minimum absolute atomic E-state index is 0.235. The van der Waals surface area contributed by atoms with E-state index >= 15 is 0 Å². The third-order valence-electron chi connectivity index (χ3n) is 3.26. The van der Waals surface area contributed by atoms with Crippen LogP contribution in [-0.2, 0) is 14.8 Å². The van der Waals surface area contributed by atoms with Gasteiger partial charge in [0.15, 0.2) is 4.34 Å². The van der Waals surface area contributed by atoms with Gasteiger partial charge in [-0.25, -0.2) is 13.1 Å². The first-order valence-electron chi connectivity index (χ1n) is 5.85. The number of nitrogens with zero attached hydrogens (tertiary/aromatic N) is 1. The van der Waals surface area contributed by atoms with Gasteiger partial charge in [0.25, 0.3) is 15.7 Å². The molecule has 21 heavy (non-hydrogen) atoms. The molecule has 0 aliphatic heterocycles. The molecule has 1 fully saturated rings. The van der Waals surface area contributed by atoms with E-state index in [0.717, 1.165) is 12.5 Å². The van der Waals surface area contributed by atoms with Crippen LogP contribution < -0.4 is 4.72 Å². The monoisotopic (exact) mass is 354 g/mol. The number of nitrogens with one attached hydrogen (secondary N) is 1. The van der Waals surface area contributed by atoms with Gasteiger partial charge in [0, 0.05) is 11.6 Å². The van der Waals surface area contributed by atoms with Gasteiger partial charge < -0.3 is 5.11 Å². The van der Waals surface area contributed by atoms with Crippen LogP contribution in [0.4, 0.5) is 5.69 Å². The van der Waals surface area contributed by atoms with E-state index in [1.54, 1.807) is 0 Å². The van der Waals surface area contributed by atoms with Crippen molar-refractivity contribution in [3.05, 3.63) is 20.5 Å². The number of rotatable bonds is 6. The third kappa shape index (κ3) is 3.34. The number of nitro groups is 1. The maximum atomic E-state index is 12.2. The Kier molecular flexibility index (Phi) is 4.24. The minimum Gasteiger partial charge on any atom is -0.481 e. The summed E-state index contributed by atoms with van der Waals surface area (Å²) in [5.74, 6) is -1.10. The van der Waals surface area contributed by atoms with Crippen LogP contribution in [0.15, 0.2) is 10.3 Å². The average Bonchev–Trinajstić information content (AvgIpc) is 2.68. The molecule has 2 N–H and O–H groups in total. The highest BCUT2D eigenvalue weighted by Gasteiger charge is 2.43. The molecule has 1 aromatic rings. The fourth-order valence-electron chi connectivity index (χ4n) is 2.14. The Morgan fingerprint density at radius 1 is 1.57 bits per heavy atom. The van der Waals surface area contributed by atoms with Crippen LogP contribution in [0.25, 0.3) is 0 Å².